The van der Waals surface area contributed by atoms with Crippen molar-refractivity contribution in [3.63, 3.8) is 0 Å². The average Bonchev–Trinajstić information content (AvgIpc) is 2.64. The minimum Gasteiger partial charge on any atom is -0.481 e. The molecule has 1 fully saturated rings. The van der Waals surface area contributed by atoms with Crippen molar-refractivity contribution in [2.45, 2.75) is 43.7 Å². The third-order valence-corrected chi connectivity index (χ3v) is 6.33. The summed E-state index contributed by atoms with van der Waals surface area (Å²) in [4.78, 5) is 0.0932. The summed E-state index contributed by atoms with van der Waals surface area (Å²) in [6, 6.07) is 5.30. The number of nitrogens with one attached hydrogen (secondary N) is 1. The lowest BCUT2D eigenvalue weighted by Crippen LogP contribution is -2.63. The molecule has 7 nitrogen and oxygen atoms in total. The number of rotatable bonds is 5. The second-order valence-corrected chi connectivity index (χ2v) is 8.74. The van der Waals surface area contributed by atoms with E-state index in [-0.39, 0.29) is 29.6 Å². The summed E-state index contributed by atoms with van der Waals surface area (Å²) >= 11 is 5.13. The summed E-state index contributed by atoms with van der Waals surface area (Å²) in [5.74, 6) is 6.29. The van der Waals surface area contributed by atoms with Crippen LogP contribution in [-0.4, -0.2) is 54.3 Å². The van der Waals surface area contributed by atoms with E-state index in [1.165, 1.54) is 16.4 Å². The van der Waals surface area contributed by atoms with Gasteiger partial charge in [0.05, 0.1) is 17.1 Å². The van der Waals surface area contributed by atoms with Crippen molar-refractivity contribution in [1.82, 2.24) is 9.79 Å². The molecule has 0 radical (unpaired) electrons. The number of ether oxygens (including phenoxy) is 2. The van der Waals surface area contributed by atoms with Crippen LogP contribution in [-0.2, 0) is 14.8 Å². The molecule has 0 amide bonds. The van der Waals surface area contributed by atoms with Crippen LogP contribution in [0.5, 0.6) is 5.75 Å². The van der Waals surface area contributed by atoms with Crippen LogP contribution in [0.4, 0.5) is 0 Å². The van der Waals surface area contributed by atoms with Crippen LogP contribution in [0.15, 0.2) is 29.2 Å². The SMILES string of the molecule is CCC#CCOc1ccc(S(=O)(=O)N2CCOC(C)(C)[C@H]2C(=S)NO)cc1. The van der Waals surface area contributed by atoms with Gasteiger partial charge in [0.2, 0.25) is 10.0 Å². The van der Waals surface area contributed by atoms with Crippen molar-refractivity contribution >= 4 is 27.2 Å². The quantitative estimate of drug-likeness (QED) is 0.434. The Bertz CT molecular complexity index is 826. The molecule has 0 unspecified atom stereocenters. The normalized spacial score (nSPS) is 19.6. The Balaban J connectivity index is 2.26. The van der Waals surface area contributed by atoms with Gasteiger partial charge in [-0.3, -0.25) is 10.7 Å². The number of thiocarbonyl (C=S) groups is 1. The molecular weight excluding hydrogens is 388 g/mol. The fourth-order valence-corrected chi connectivity index (χ4v) is 5.04. The van der Waals surface area contributed by atoms with Gasteiger partial charge in [0.1, 0.15) is 23.4 Å². The molecule has 0 spiro atoms. The highest BCUT2D eigenvalue weighted by molar-refractivity contribution is 7.89. The van der Waals surface area contributed by atoms with E-state index in [4.69, 9.17) is 21.7 Å². The Hall–Kier alpha value is -1.70. The summed E-state index contributed by atoms with van der Waals surface area (Å²) in [6.45, 7) is 6.02. The molecule has 2 rings (SSSR count). The van der Waals surface area contributed by atoms with Crippen molar-refractivity contribution in [1.29, 1.82) is 0 Å². The van der Waals surface area contributed by atoms with Crippen molar-refractivity contribution in [3.05, 3.63) is 24.3 Å². The summed E-state index contributed by atoms with van der Waals surface area (Å²) in [5.41, 5.74) is 1.01. The van der Waals surface area contributed by atoms with Crippen LogP contribution in [0.1, 0.15) is 27.2 Å². The minimum absolute atomic E-state index is 0.0160. The predicted molar refractivity (Wildman–Crippen MR) is 105 cm³/mol. The van der Waals surface area contributed by atoms with Crippen LogP contribution in [0.3, 0.4) is 0 Å². The maximum absolute atomic E-state index is 13.2. The first-order chi connectivity index (χ1) is 12.7. The molecule has 1 saturated heterocycles. The van der Waals surface area contributed by atoms with Crippen LogP contribution >= 0.6 is 12.2 Å². The first kappa shape index (κ1) is 21.6. The van der Waals surface area contributed by atoms with Crippen LogP contribution < -0.4 is 10.2 Å². The number of benzene rings is 1. The smallest absolute Gasteiger partial charge is 0.243 e. The number of sulfonamides is 1. The third kappa shape index (κ3) is 4.97. The lowest BCUT2D eigenvalue weighted by Gasteiger charge is -2.44. The molecule has 1 aliphatic heterocycles. The molecule has 0 bridgehead atoms. The van der Waals surface area contributed by atoms with E-state index in [1.54, 1.807) is 26.0 Å². The summed E-state index contributed by atoms with van der Waals surface area (Å²) < 4.78 is 38.7. The molecule has 9 heteroatoms. The molecule has 148 valence electrons. The first-order valence-corrected chi connectivity index (χ1v) is 10.4. The average molecular weight is 413 g/mol. The van der Waals surface area contributed by atoms with Gasteiger partial charge in [-0.1, -0.05) is 25.1 Å². The van der Waals surface area contributed by atoms with Crippen molar-refractivity contribution in [3.8, 4) is 17.6 Å². The maximum atomic E-state index is 13.2. The van der Waals surface area contributed by atoms with E-state index in [1.807, 2.05) is 12.4 Å². The Morgan fingerprint density at radius 1 is 1.41 bits per heavy atom. The molecule has 0 aromatic heterocycles. The molecule has 1 heterocycles. The van der Waals surface area contributed by atoms with Gasteiger partial charge in [0, 0.05) is 13.0 Å². The topological polar surface area (TPSA) is 88.1 Å². The van der Waals surface area contributed by atoms with Crippen LogP contribution in [0, 0.1) is 11.8 Å². The monoisotopic (exact) mass is 412 g/mol. The highest BCUT2D eigenvalue weighted by Crippen LogP contribution is 2.31. The molecule has 0 saturated carbocycles. The zero-order chi connectivity index (χ0) is 20.1. The Labute approximate surface area is 165 Å². The summed E-state index contributed by atoms with van der Waals surface area (Å²) in [5, 5.41) is 9.23. The lowest BCUT2D eigenvalue weighted by molar-refractivity contribution is -0.0834. The van der Waals surface area contributed by atoms with Crippen molar-refractivity contribution < 1.29 is 23.1 Å². The molecule has 27 heavy (non-hydrogen) atoms. The zero-order valence-electron chi connectivity index (χ0n) is 15.6. The first-order valence-electron chi connectivity index (χ1n) is 8.52. The van der Waals surface area contributed by atoms with Gasteiger partial charge in [-0.15, -0.1) is 5.92 Å². The van der Waals surface area contributed by atoms with Crippen molar-refractivity contribution in [2.24, 2.45) is 0 Å². The van der Waals surface area contributed by atoms with Gasteiger partial charge in [-0.05, 0) is 38.1 Å². The van der Waals surface area contributed by atoms with Gasteiger partial charge in [0.15, 0.2) is 0 Å². The maximum Gasteiger partial charge on any atom is 0.243 e. The third-order valence-electron chi connectivity index (χ3n) is 4.13. The van der Waals surface area contributed by atoms with Crippen LogP contribution in [0.25, 0.3) is 0 Å². The Morgan fingerprint density at radius 2 is 2.07 bits per heavy atom. The van der Waals surface area contributed by atoms with E-state index in [2.05, 4.69) is 11.8 Å². The fourth-order valence-electron chi connectivity index (χ4n) is 2.86. The van der Waals surface area contributed by atoms with E-state index >= 15 is 0 Å². The Kier molecular flexibility index (Phi) is 7.19. The van der Waals surface area contributed by atoms with E-state index in [0.717, 1.165) is 6.42 Å². The second-order valence-electron chi connectivity index (χ2n) is 6.41. The number of morpholine rings is 1. The molecule has 2 N–H and O–H groups in total. The second kappa shape index (κ2) is 8.99. The van der Waals surface area contributed by atoms with Gasteiger partial charge in [-0.25, -0.2) is 8.42 Å². The molecule has 1 aromatic carbocycles. The Morgan fingerprint density at radius 3 is 2.67 bits per heavy atom. The molecule has 1 aliphatic rings. The number of nitrogens with zero attached hydrogens (tertiary/aromatic N) is 1. The summed E-state index contributed by atoms with van der Waals surface area (Å²) in [7, 11) is -3.85. The number of hydrogen-bond donors (Lipinski definition) is 2. The zero-order valence-corrected chi connectivity index (χ0v) is 17.2. The highest BCUT2D eigenvalue weighted by atomic mass is 32.2. The van der Waals surface area contributed by atoms with Gasteiger partial charge < -0.3 is 9.47 Å². The standard InChI is InChI=1S/C18H24N2O5S2/c1-4-5-6-12-24-14-7-9-15(10-8-14)27(22,23)20-11-13-25-18(2,3)16(20)17(26)19-21/h7-10,16,21H,4,11-13H2,1-3H3,(H,19,26)/t16-/m1/s1. The highest BCUT2D eigenvalue weighted by Gasteiger charge is 2.47. The molecule has 1 atom stereocenters. The van der Waals surface area contributed by atoms with Gasteiger partial charge in [0.25, 0.3) is 0 Å². The molecular formula is C18H24N2O5S2. The van der Waals surface area contributed by atoms with Gasteiger partial charge >= 0.3 is 0 Å². The van der Waals surface area contributed by atoms with Gasteiger partial charge in [-0.2, -0.15) is 4.31 Å². The fraction of sp³-hybridized carbons (Fsp3) is 0.500. The predicted octanol–water partition coefficient (Wildman–Crippen LogP) is 1.95. The van der Waals surface area contributed by atoms with E-state index in [0.29, 0.717) is 5.75 Å². The van der Waals surface area contributed by atoms with Crippen LogP contribution in [0.2, 0.25) is 0 Å². The lowest BCUT2D eigenvalue weighted by atomic mass is 9.97. The summed E-state index contributed by atoms with van der Waals surface area (Å²) in [6.07, 6.45) is 0.752. The minimum atomic E-state index is -3.85. The number of hydroxylamine groups is 1. The van der Waals surface area contributed by atoms with Crippen molar-refractivity contribution in [2.75, 3.05) is 19.8 Å². The largest absolute Gasteiger partial charge is 0.481 e. The molecule has 1 aromatic rings. The molecule has 0 aliphatic carbocycles. The number of hydrogen-bond acceptors (Lipinski definition) is 6. The van der Waals surface area contributed by atoms with E-state index < -0.39 is 21.7 Å². The van der Waals surface area contributed by atoms with E-state index in [9.17, 15) is 13.6 Å².